The first-order valence-corrected chi connectivity index (χ1v) is 12.8. The van der Waals surface area contributed by atoms with E-state index in [-0.39, 0.29) is 0 Å². The van der Waals surface area contributed by atoms with Gasteiger partial charge < -0.3 is 0 Å². The molecule has 0 atom stereocenters. The first-order valence-electron chi connectivity index (χ1n) is 12.8. The molecule has 0 unspecified atom stereocenters. The fourth-order valence-electron chi connectivity index (χ4n) is 5.47. The molecule has 0 saturated heterocycles. The van der Waals surface area contributed by atoms with Gasteiger partial charge in [0.05, 0.1) is 11.0 Å². The highest BCUT2D eigenvalue weighted by atomic mass is 14.7. The largest absolute Gasteiger partial charge is 0.254 e. The maximum atomic E-state index is 4.85. The molecule has 38 heavy (non-hydrogen) atoms. The van der Waals surface area contributed by atoms with Crippen molar-refractivity contribution in [2.75, 3.05) is 0 Å². The lowest BCUT2D eigenvalue weighted by molar-refractivity contribution is 1.37. The van der Waals surface area contributed by atoms with Gasteiger partial charge in [-0.3, -0.25) is 9.97 Å². The minimum Gasteiger partial charge on any atom is -0.254 e. The SMILES string of the molecule is c1ccc(-c2ccccc2-c2ccnc3c2ccc2c(-c4ccccc4-c4ccccc4)ccnc23)cc1. The van der Waals surface area contributed by atoms with Crippen molar-refractivity contribution in [1.82, 2.24) is 9.97 Å². The fourth-order valence-corrected chi connectivity index (χ4v) is 5.47. The lowest BCUT2D eigenvalue weighted by atomic mass is 9.90. The molecule has 0 saturated carbocycles. The molecule has 0 aliphatic heterocycles. The van der Waals surface area contributed by atoms with Gasteiger partial charge in [-0.05, 0) is 56.6 Å². The number of hydrogen-bond donors (Lipinski definition) is 0. The van der Waals surface area contributed by atoms with E-state index in [1.807, 2.05) is 12.4 Å². The highest BCUT2D eigenvalue weighted by molar-refractivity contribution is 6.13. The number of benzene rings is 5. The summed E-state index contributed by atoms with van der Waals surface area (Å²) in [6.07, 6.45) is 3.82. The van der Waals surface area contributed by atoms with Gasteiger partial charge in [-0.1, -0.05) is 121 Å². The Kier molecular flexibility index (Phi) is 5.49. The van der Waals surface area contributed by atoms with E-state index in [4.69, 9.17) is 9.97 Å². The molecule has 0 spiro atoms. The molecule has 2 nitrogen and oxygen atoms in total. The predicted molar refractivity (Wildman–Crippen MR) is 159 cm³/mol. The Morgan fingerprint density at radius 1 is 0.289 bits per heavy atom. The molecule has 0 bridgehead atoms. The van der Waals surface area contributed by atoms with Crippen LogP contribution in [0.4, 0.5) is 0 Å². The fraction of sp³-hybridized carbons (Fsp3) is 0. The number of fused-ring (bicyclic) bond motifs is 3. The van der Waals surface area contributed by atoms with E-state index in [2.05, 4.69) is 133 Å². The number of hydrogen-bond acceptors (Lipinski definition) is 2. The van der Waals surface area contributed by atoms with Gasteiger partial charge in [-0.2, -0.15) is 0 Å². The summed E-state index contributed by atoms with van der Waals surface area (Å²) in [5.41, 5.74) is 11.4. The molecular formula is C36H24N2. The van der Waals surface area contributed by atoms with Crippen LogP contribution in [0.2, 0.25) is 0 Å². The Balaban J connectivity index is 1.45. The zero-order valence-corrected chi connectivity index (χ0v) is 20.8. The van der Waals surface area contributed by atoms with E-state index in [0.29, 0.717) is 0 Å². The van der Waals surface area contributed by atoms with E-state index in [9.17, 15) is 0 Å². The molecule has 0 N–H and O–H groups in total. The van der Waals surface area contributed by atoms with E-state index in [1.54, 1.807) is 0 Å². The number of pyridine rings is 2. The van der Waals surface area contributed by atoms with E-state index in [0.717, 1.165) is 32.9 Å². The molecular weight excluding hydrogens is 460 g/mol. The van der Waals surface area contributed by atoms with Crippen molar-refractivity contribution in [3.63, 3.8) is 0 Å². The van der Waals surface area contributed by atoms with Gasteiger partial charge in [0.25, 0.3) is 0 Å². The Hall–Kier alpha value is -5.08. The number of rotatable bonds is 4. The second-order valence-electron chi connectivity index (χ2n) is 9.40. The van der Waals surface area contributed by atoms with Crippen molar-refractivity contribution in [2.24, 2.45) is 0 Å². The van der Waals surface area contributed by atoms with Crippen LogP contribution >= 0.6 is 0 Å². The Morgan fingerprint density at radius 2 is 0.658 bits per heavy atom. The van der Waals surface area contributed by atoms with Gasteiger partial charge in [0.15, 0.2) is 0 Å². The van der Waals surface area contributed by atoms with Crippen molar-refractivity contribution < 1.29 is 0 Å². The lowest BCUT2D eigenvalue weighted by Gasteiger charge is -2.15. The quantitative estimate of drug-likeness (QED) is 0.233. The third-order valence-electron chi connectivity index (χ3n) is 7.23. The van der Waals surface area contributed by atoms with Gasteiger partial charge in [0, 0.05) is 23.2 Å². The third-order valence-corrected chi connectivity index (χ3v) is 7.23. The standard InChI is InChI=1S/C36H24N2/c1-3-11-25(12-4-1)27-15-7-9-17-29(27)31-21-23-37-35-33(31)19-20-34-32(22-24-38-36(34)35)30-18-10-8-16-28(30)26-13-5-2-6-14-26/h1-24H. The highest BCUT2D eigenvalue weighted by Crippen LogP contribution is 2.40. The average Bonchev–Trinajstić information content (AvgIpc) is 3.01. The minimum absolute atomic E-state index is 0.918. The van der Waals surface area contributed by atoms with Gasteiger partial charge in [0.2, 0.25) is 0 Å². The molecule has 7 aromatic rings. The maximum absolute atomic E-state index is 4.85. The van der Waals surface area contributed by atoms with Crippen molar-refractivity contribution >= 4 is 21.8 Å². The molecule has 2 heterocycles. The molecule has 0 aliphatic rings. The van der Waals surface area contributed by atoms with Crippen LogP contribution in [0.5, 0.6) is 0 Å². The van der Waals surface area contributed by atoms with Crippen molar-refractivity contribution in [2.45, 2.75) is 0 Å². The van der Waals surface area contributed by atoms with Crippen LogP contribution in [0.25, 0.3) is 66.3 Å². The second kappa shape index (κ2) is 9.42. The van der Waals surface area contributed by atoms with Crippen molar-refractivity contribution in [1.29, 1.82) is 0 Å². The maximum Gasteiger partial charge on any atom is 0.0970 e. The summed E-state index contributed by atoms with van der Waals surface area (Å²) >= 11 is 0. The molecule has 178 valence electrons. The van der Waals surface area contributed by atoms with Crippen molar-refractivity contribution in [3.8, 4) is 44.5 Å². The van der Waals surface area contributed by atoms with Crippen LogP contribution in [0.15, 0.2) is 146 Å². The van der Waals surface area contributed by atoms with Crippen LogP contribution in [-0.2, 0) is 0 Å². The first-order chi connectivity index (χ1) is 18.9. The highest BCUT2D eigenvalue weighted by Gasteiger charge is 2.16. The van der Waals surface area contributed by atoms with Gasteiger partial charge in [0.1, 0.15) is 0 Å². The van der Waals surface area contributed by atoms with Crippen LogP contribution in [0.3, 0.4) is 0 Å². The molecule has 7 rings (SSSR count). The molecule has 0 fully saturated rings. The normalized spacial score (nSPS) is 11.2. The zero-order chi connectivity index (χ0) is 25.3. The topological polar surface area (TPSA) is 25.8 Å². The number of aromatic nitrogens is 2. The summed E-state index contributed by atoms with van der Waals surface area (Å²) in [7, 11) is 0. The number of nitrogens with zero attached hydrogens (tertiary/aromatic N) is 2. The first kappa shape index (κ1) is 22.1. The lowest BCUT2D eigenvalue weighted by Crippen LogP contribution is -1.92. The molecule has 0 aliphatic carbocycles. The summed E-state index contributed by atoms with van der Waals surface area (Å²) in [6.45, 7) is 0. The summed E-state index contributed by atoms with van der Waals surface area (Å²) in [4.78, 5) is 9.70. The van der Waals surface area contributed by atoms with Crippen LogP contribution < -0.4 is 0 Å². The van der Waals surface area contributed by atoms with Crippen molar-refractivity contribution in [3.05, 3.63) is 146 Å². The molecule has 2 aromatic heterocycles. The molecule has 0 radical (unpaired) electrons. The molecule has 0 amide bonds. The van der Waals surface area contributed by atoms with Crippen LogP contribution in [0, 0.1) is 0 Å². The van der Waals surface area contributed by atoms with Gasteiger partial charge in [-0.25, -0.2) is 0 Å². The zero-order valence-electron chi connectivity index (χ0n) is 20.8. The minimum atomic E-state index is 0.918. The Bertz CT molecular complexity index is 1770. The predicted octanol–water partition coefficient (Wildman–Crippen LogP) is 9.45. The van der Waals surface area contributed by atoms with E-state index in [1.165, 1.54) is 33.4 Å². The summed E-state index contributed by atoms with van der Waals surface area (Å²) in [5.74, 6) is 0. The summed E-state index contributed by atoms with van der Waals surface area (Å²) in [5, 5.41) is 2.20. The summed E-state index contributed by atoms with van der Waals surface area (Å²) < 4.78 is 0. The Morgan fingerprint density at radius 3 is 1.08 bits per heavy atom. The molecule has 2 heteroatoms. The second-order valence-corrected chi connectivity index (χ2v) is 9.40. The third kappa shape index (κ3) is 3.75. The smallest absolute Gasteiger partial charge is 0.0970 e. The van der Waals surface area contributed by atoms with E-state index < -0.39 is 0 Å². The van der Waals surface area contributed by atoms with Crippen LogP contribution in [0.1, 0.15) is 0 Å². The monoisotopic (exact) mass is 484 g/mol. The summed E-state index contributed by atoms with van der Waals surface area (Å²) in [6, 6.07) is 46.9. The van der Waals surface area contributed by atoms with Gasteiger partial charge >= 0.3 is 0 Å². The van der Waals surface area contributed by atoms with Crippen LogP contribution in [-0.4, -0.2) is 9.97 Å². The van der Waals surface area contributed by atoms with E-state index >= 15 is 0 Å². The molecule has 5 aromatic carbocycles. The van der Waals surface area contributed by atoms with Gasteiger partial charge in [-0.15, -0.1) is 0 Å². The average molecular weight is 485 g/mol. The Labute approximate surface area is 221 Å².